The van der Waals surface area contributed by atoms with Crippen molar-refractivity contribution in [2.24, 2.45) is 0 Å². The molecule has 0 aliphatic rings. The van der Waals surface area contributed by atoms with Gasteiger partial charge in [-0.3, -0.25) is 9.48 Å². The molecule has 0 aliphatic heterocycles. The van der Waals surface area contributed by atoms with Gasteiger partial charge in [0.2, 0.25) is 5.91 Å². The number of halogens is 1. The average Bonchev–Trinajstić information content (AvgIpc) is 3.08. The van der Waals surface area contributed by atoms with Crippen LogP contribution in [0.2, 0.25) is 5.02 Å². The van der Waals surface area contributed by atoms with E-state index in [0.717, 1.165) is 17.0 Å². The van der Waals surface area contributed by atoms with Crippen LogP contribution in [-0.4, -0.2) is 28.9 Å². The fourth-order valence-corrected chi connectivity index (χ4v) is 3.75. The van der Waals surface area contributed by atoms with Gasteiger partial charge >= 0.3 is 0 Å². The zero-order valence-corrected chi connectivity index (χ0v) is 21.1. The van der Waals surface area contributed by atoms with E-state index in [1.54, 1.807) is 4.68 Å². The van der Waals surface area contributed by atoms with Crippen molar-refractivity contribution >= 4 is 23.2 Å². The van der Waals surface area contributed by atoms with Crippen LogP contribution in [0, 0.1) is 13.8 Å². The summed E-state index contributed by atoms with van der Waals surface area (Å²) in [5.74, 6) is 1.98. The van der Waals surface area contributed by atoms with Crippen molar-refractivity contribution < 1.29 is 19.0 Å². The van der Waals surface area contributed by atoms with Crippen LogP contribution in [-0.2, 0) is 11.4 Å². The molecule has 1 amide bonds. The van der Waals surface area contributed by atoms with Gasteiger partial charge in [-0.1, -0.05) is 24.6 Å². The van der Waals surface area contributed by atoms with Crippen LogP contribution in [0.4, 0.5) is 5.69 Å². The zero-order chi connectivity index (χ0) is 24.7. The van der Waals surface area contributed by atoms with Crippen molar-refractivity contribution in [1.82, 2.24) is 9.78 Å². The van der Waals surface area contributed by atoms with Crippen LogP contribution in [0.25, 0.3) is 0 Å². The number of aryl methyl sites for hydroxylation is 1. The summed E-state index contributed by atoms with van der Waals surface area (Å²) in [5.41, 5.74) is 3.15. The molecule has 8 heteroatoms. The van der Waals surface area contributed by atoms with Crippen molar-refractivity contribution in [3.05, 3.63) is 64.4 Å². The molecular formula is C26H32ClN3O4. The van der Waals surface area contributed by atoms with Crippen molar-refractivity contribution in [3.8, 4) is 17.2 Å². The highest BCUT2D eigenvalue weighted by molar-refractivity contribution is 6.31. The molecule has 1 unspecified atom stereocenters. The van der Waals surface area contributed by atoms with Crippen LogP contribution in [0.15, 0.2) is 42.5 Å². The molecule has 0 fully saturated rings. The van der Waals surface area contributed by atoms with Crippen molar-refractivity contribution in [2.45, 2.75) is 53.7 Å². The number of carbonyl (C=O) groups is 1. The molecule has 0 saturated carbocycles. The number of rotatable bonds is 11. The number of nitrogens with zero attached hydrogens (tertiary/aromatic N) is 2. The standard InChI is InChI=1S/C26H32ClN3O4/c1-6-22(30-18(5)25(27)17(4)29-30)26(31)28-20-10-12-21(13-11-20)34-16-19-9-14-23(32-7-2)24(15-19)33-8-3/h9-15,22H,6-8,16H2,1-5H3,(H,28,31). The third-order valence-corrected chi connectivity index (χ3v) is 5.90. The van der Waals surface area contributed by atoms with Gasteiger partial charge in [0, 0.05) is 5.69 Å². The number of ether oxygens (including phenoxy) is 3. The Labute approximate surface area is 206 Å². The van der Waals surface area contributed by atoms with E-state index in [2.05, 4.69) is 10.4 Å². The molecule has 3 rings (SSSR count). The van der Waals surface area contributed by atoms with E-state index in [1.807, 2.05) is 77.1 Å². The summed E-state index contributed by atoms with van der Waals surface area (Å²) in [6.45, 7) is 11.0. The van der Waals surface area contributed by atoms with Crippen molar-refractivity contribution in [3.63, 3.8) is 0 Å². The van der Waals surface area contributed by atoms with Gasteiger partial charge in [0.05, 0.1) is 29.6 Å². The minimum Gasteiger partial charge on any atom is -0.490 e. The van der Waals surface area contributed by atoms with Crippen LogP contribution >= 0.6 is 11.6 Å². The van der Waals surface area contributed by atoms with E-state index in [9.17, 15) is 4.79 Å². The lowest BCUT2D eigenvalue weighted by molar-refractivity contribution is -0.119. The van der Waals surface area contributed by atoms with E-state index in [0.29, 0.717) is 54.1 Å². The maximum absolute atomic E-state index is 12.9. The Balaban J connectivity index is 1.62. The lowest BCUT2D eigenvalue weighted by atomic mass is 10.2. The van der Waals surface area contributed by atoms with E-state index < -0.39 is 6.04 Å². The predicted molar refractivity (Wildman–Crippen MR) is 134 cm³/mol. The second kappa shape index (κ2) is 11.8. The highest BCUT2D eigenvalue weighted by Crippen LogP contribution is 2.29. The molecule has 1 atom stereocenters. The monoisotopic (exact) mass is 485 g/mol. The largest absolute Gasteiger partial charge is 0.490 e. The molecule has 0 bridgehead atoms. The van der Waals surface area contributed by atoms with Gasteiger partial charge in [-0.15, -0.1) is 0 Å². The number of nitrogens with one attached hydrogen (secondary N) is 1. The molecule has 34 heavy (non-hydrogen) atoms. The first kappa shape index (κ1) is 25.4. The summed E-state index contributed by atoms with van der Waals surface area (Å²) < 4.78 is 18.9. The number of hydrogen-bond donors (Lipinski definition) is 1. The minimum atomic E-state index is -0.443. The van der Waals surface area contributed by atoms with Crippen LogP contribution in [0.3, 0.4) is 0 Å². The van der Waals surface area contributed by atoms with Crippen molar-refractivity contribution in [1.29, 1.82) is 0 Å². The Bertz CT molecular complexity index is 1110. The molecule has 3 aromatic rings. The second-order valence-corrected chi connectivity index (χ2v) is 8.18. The zero-order valence-electron chi connectivity index (χ0n) is 20.4. The summed E-state index contributed by atoms with van der Waals surface area (Å²) in [6, 6.07) is 12.6. The van der Waals surface area contributed by atoms with Crippen LogP contribution < -0.4 is 19.5 Å². The Hall–Kier alpha value is -3.19. The number of benzene rings is 2. The topological polar surface area (TPSA) is 74.6 Å². The van der Waals surface area contributed by atoms with Gasteiger partial charge in [0.1, 0.15) is 18.4 Å². The van der Waals surface area contributed by atoms with Gasteiger partial charge in [-0.25, -0.2) is 0 Å². The number of amides is 1. The highest BCUT2D eigenvalue weighted by Gasteiger charge is 2.23. The van der Waals surface area contributed by atoms with Gasteiger partial charge in [-0.2, -0.15) is 5.10 Å². The molecule has 7 nitrogen and oxygen atoms in total. The second-order valence-electron chi connectivity index (χ2n) is 7.80. The smallest absolute Gasteiger partial charge is 0.249 e. The first-order valence-corrected chi connectivity index (χ1v) is 11.9. The summed E-state index contributed by atoms with van der Waals surface area (Å²) in [5, 5.41) is 7.98. The number of carbonyl (C=O) groups excluding carboxylic acids is 1. The number of anilines is 1. The molecule has 2 aromatic carbocycles. The first-order valence-electron chi connectivity index (χ1n) is 11.5. The first-order chi connectivity index (χ1) is 16.4. The van der Waals surface area contributed by atoms with Gasteiger partial charge in [0.25, 0.3) is 0 Å². The Kier molecular flexibility index (Phi) is 8.82. The lowest BCUT2D eigenvalue weighted by Crippen LogP contribution is -2.27. The SMILES string of the molecule is CCOc1ccc(COc2ccc(NC(=O)C(CC)n3nc(C)c(Cl)c3C)cc2)cc1OCC. The maximum atomic E-state index is 12.9. The molecular weight excluding hydrogens is 454 g/mol. The molecule has 0 saturated heterocycles. The number of aromatic nitrogens is 2. The molecule has 182 valence electrons. The quantitative estimate of drug-likeness (QED) is 0.354. The fourth-order valence-electron chi connectivity index (χ4n) is 3.63. The average molecular weight is 486 g/mol. The van der Waals surface area contributed by atoms with Gasteiger partial charge in [-0.05, 0) is 76.1 Å². The molecule has 0 aliphatic carbocycles. The lowest BCUT2D eigenvalue weighted by Gasteiger charge is -2.17. The Morgan fingerprint density at radius 1 is 1.00 bits per heavy atom. The van der Waals surface area contributed by atoms with Gasteiger partial charge in [0.15, 0.2) is 11.5 Å². The maximum Gasteiger partial charge on any atom is 0.249 e. The molecule has 1 aromatic heterocycles. The molecule has 0 spiro atoms. The Morgan fingerprint density at radius 3 is 2.26 bits per heavy atom. The van der Waals surface area contributed by atoms with Crippen LogP contribution in [0.1, 0.15) is 50.2 Å². The Morgan fingerprint density at radius 2 is 1.68 bits per heavy atom. The molecule has 0 radical (unpaired) electrons. The third kappa shape index (κ3) is 6.03. The van der Waals surface area contributed by atoms with E-state index in [-0.39, 0.29) is 5.91 Å². The predicted octanol–water partition coefficient (Wildman–Crippen LogP) is 6.12. The summed E-state index contributed by atoms with van der Waals surface area (Å²) >= 11 is 6.26. The van der Waals surface area contributed by atoms with E-state index in [1.165, 1.54) is 0 Å². The van der Waals surface area contributed by atoms with E-state index >= 15 is 0 Å². The highest BCUT2D eigenvalue weighted by atomic mass is 35.5. The van der Waals surface area contributed by atoms with Crippen LogP contribution in [0.5, 0.6) is 17.2 Å². The summed E-state index contributed by atoms with van der Waals surface area (Å²) in [4.78, 5) is 12.9. The summed E-state index contributed by atoms with van der Waals surface area (Å²) in [6.07, 6.45) is 0.594. The van der Waals surface area contributed by atoms with Crippen molar-refractivity contribution in [2.75, 3.05) is 18.5 Å². The molecule has 1 heterocycles. The fraction of sp³-hybridized carbons (Fsp3) is 0.385. The van der Waals surface area contributed by atoms with Gasteiger partial charge < -0.3 is 19.5 Å². The molecule has 1 N–H and O–H groups in total. The normalized spacial score (nSPS) is 11.7. The number of hydrogen-bond acceptors (Lipinski definition) is 5. The third-order valence-electron chi connectivity index (χ3n) is 5.36. The minimum absolute atomic E-state index is 0.142. The summed E-state index contributed by atoms with van der Waals surface area (Å²) in [7, 11) is 0. The van der Waals surface area contributed by atoms with E-state index in [4.69, 9.17) is 25.8 Å².